The van der Waals surface area contributed by atoms with Gasteiger partial charge in [0.25, 0.3) is 0 Å². The highest BCUT2D eigenvalue weighted by Gasteiger charge is 2.22. The molecule has 1 saturated heterocycles. The second-order valence-corrected chi connectivity index (χ2v) is 4.22. The van der Waals surface area contributed by atoms with Crippen molar-refractivity contribution in [3.05, 3.63) is 0 Å². The third-order valence-corrected chi connectivity index (χ3v) is 3.17. The van der Waals surface area contributed by atoms with Gasteiger partial charge in [0.1, 0.15) is 0 Å². The normalized spacial score (nSPS) is 21.0. The summed E-state index contributed by atoms with van der Waals surface area (Å²) in [5.74, 6) is 6.32. The molecule has 0 radical (unpaired) electrons. The summed E-state index contributed by atoms with van der Waals surface area (Å²) in [5, 5.41) is 0. The summed E-state index contributed by atoms with van der Waals surface area (Å²) in [4.78, 5) is 0. The highest BCUT2D eigenvalue weighted by Crippen LogP contribution is 2.21. The van der Waals surface area contributed by atoms with Gasteiger partial charge in [-0.3, -0.25) is 11.3 Å². The van der Waals surface area contributed by atoms with Gasteiger partial charge in [0.2, 0.25) is 0 Å². The molecular formula is C11H24N2O. The van der Waals surface area contributed by atoms with Gasteiger partial charge in [-0.1, -0.05) is 26.2 Å². The number of rotatable bonds is 6. The molecule has 1 rings (SSSR count). The molecule has 1 atom stereocenters. The molecule has 1 heterocycles. The van der Waals surface area contributed by atoms with Crippen molar-refractivity contribution in [2.24, 2.45) is 11.8 Å². The maximum atomic E-state index is 5.60. The van der Waals surface area contributed by atoms with Crippen molar-refractivity contribution in [3.63, 3.8) is 0 Å². The van der Waals surface area contributed by atoms with Crippen LogP contribution in [0.2, 0.25) is 0 Å². The zero-order chi connectivity index (χ0) is 10.2. The molecule has 1 aliphatic heterocycles. The molecule has 0 aromatic rings. The maximum absolute atomic E-state index is 5.60. The first-order chi connectivity index (χ1) is 6.88. The van der Waals surface area contributed by atoms with Gasteiger partial charge in [-0.15, -0.1) is 0 Å². The molecule has 14 heavy (non-hydrogen) atoms. The van der Waals surface area contributed by atoms with Crippen LogP contribution in [0.3, 0.4) is 0 Å². The topological polar surface area (TPSA) is 47.3 Å². The first-order valence-corrected chi connectivity index (χ1v) is 5.92. The SMILES string of the molecule is CCCCCC(NN)C1CCOCC1. The van der Waals surface area contributed by atoms with Crippen molar-refractivity contribution in [1.82, 2.24) is 5.43 Å². The van der Waals surface area contributed by atoms with Crippen LogP contribution in [0.25, 0.3) is 0 Å². The van der Waals surface area contributed by atoms with Crippen molar-refractivity contribution in [1.29, 1.82) is 0 Å². The third kappa shape index (κ3) is 3.95. The van der Waals surface area contributed by atoms with Crippen LogP contribution < -0.4 is 11.3 Å². The summed E-state index contributed by atoms with van der Waals surface area (Å²) in [6.45, 7) is 4.06. The molecule has 1 fully saturated rings. The number of nitrogens with one attached hydrogen (secondary N) is 1. The van der Waals surface area contributed by atoms with Crippen molar-refractivity contribution < 1.29 is 4.74 Å². The van der Waals surface area contributed by atoms with Gasteiger partial charge in [0.15, 0.2) is 0 Å². The standard InChI is InChI=1S/C11H24N2O/c1-2-3-4-5-11(13-12)10-6-8-14-9-7-10/h10-11,13H,2-9,12H2,1H3. The van der Waals surface area contributed by atoms with Gasteiger partial charge < -0.3 is 4.74 Å². The Labute approximate surface area is 87.4 Å². The van der Waals surface area contributed by atoms with E-state index in [0.717, 1.165) is 19.1 Å². The van der Waals surface area contributed by atoms with E-state index >= 15 is 0 Å². The van der Waals surface area contributed by atoms with Crippen LogP contribution in [0.4, 0.5) is 0 Å². The molecule has 0 amide bonds. The lowest BCUT2D eigenvalue weighted by molar-refractivity contribution is 0.0522. The lowest BCUT2D eigenvalue weighted by Gasteiger charge is -2.29. The van der Waals surface area contributed by atoms with Crippen molar-refractivity contribution in [2.75, 3.05) is 13.2 Å². The van der Waals surface area contributed by atoms with Crippen LogP contribution in [0.5, 0.6) is 0 Å². The van der Waals surface area contributed by atoms with Crippen LogP contribution >= 0.6 is 0 Å². The van der Waals surface area contributed by atoms with E-state index in [-0.39, 0.29) is 0 Å². The lowest BCUT2D eigenvalue weighted by atomic mass is 9.89. The molecule has 0 aromatic heterocycles. The van der Waals surface area contributed by atoms with E-state index in [1.165, 1.54) is 38.5 Å². The molecule has 1 aliphatic rings. The van der Waals surface area contributed by atoms with E-state index in [4.69, 9.17) is 10.6 Å². The third-order valence-electron chi connectivity index (χ3n) is 3.17. The number of hydrazine groups is 1. The molecule has 3 nitrogen and oxygen atoms in total. The minimum Gasteiger partial charge on any atom is -0.381 e. The molecule has 0 aliphatic carbocycles. The van der Waals surface area contributed by atoms with Crippen molar-refractivity contribution >= 4 is 0 Å². The lowest BCUT2D eigenvalue weighted by Crippen LogP contribution is -2.42. The smallest absolute Gasteiger partial charge is 0.0469 e. The summed E-state index contributed by atoms with van der Waals surface area (Å²) >= 11 is 0. The van der Waals surface area contributed by atoms with Crippen molar-refractivity contribution in [3.8, 4) is 0 Å². The Bertz CT molecular complexity index is 135. The number of nitrogens with two attached hydrogens (primary N) is 1. The molecule has 0 spiro atoms. The molecule has 3 N–H and O–H groups in total. The Balaban J connectivity index is 2.21. The zero-order valence-electron chi connectivity index (χ0n) is 9.30. The molecule has 0 aromatic carbocycles. The number of hydrogen-bond donors (Lipinski definition) is 2. The quantitative estimate of drug-likeness (QED) is 0.390. The fraction of sp³-hybridized carbons (Fsp3) is 1.00. The Morgan fingerprint density at radius 3 is 2.64 bits per heavy atom. The van der Waals surface area contributed by atoms with E-state index in [1.807, 2.05) is 0 Å². The van der Waals surface area contributed by atoms with Gasteiger partial charge in [-0.2, -0.15) is 0 Å². The number of ether oxygens (including phenoxy) is 1. The molecule has 0 saturated carbocycles. The number of hydrogen-bond acceptors (Lipinski definition) is 3. The second-order valence-electron chi connectivity index (χ2n) is 4.22. The van der Waals surface area contributed by atoms with E-state index in [2.05, 4.69) is 12.3 Å². The average molecular weight is 200 g/mol. The molecule has 84 valence electrons. The molecule has 0 bridgehead atoms. The summed E-state index contributed by atoms with van der Waals surface area (Å²) in [5.41, 5.74) is 2.98. The predicted molar refractivity (Wildman–Crippen MR) is 58.8 cm³/mol. The first kappa shape index (κ1) is 12.0. The van der Waals surface area contributed by atoms with Crippen LogP contribution in [0.1, 0.15) is 45.4 Å². The monoisotopic (exact) mass is 200 g/mol. The predicted octanol–water partition coefficient (Wildman–Crippen LogP) is 1.83. The second kappa shape index (κ2) is 7.21. The van der Waals surface area contributed by atoms with Gasteiger partial charge in [-0.05, 0) is 25.2 Å². The zero-order valence-corrected chi connectivity index (χ0v) is 9.30. The van der Waals surface area contributed by atoms with Crippen LogP contribution in [-0.2, 0) is 4.74 Å². The Morgan fingerprint density at radius 2 is 2.07 bits per heavy atom. The number of unbranched alkanes of at least 4 members (excludes halogenated alkanes) is 2. The van der Waals surface area contributed by atoms with E-state index in [9.17, 15) is 0 Å². The maximum Gasteiger partial charge on any atom is 0.0469 e. The fourth-order valence-corrected chi connectivity index (χ4v) is 2.19. The van der Waals surface area contributed by atoms with Crippen LogP contribution in [0.15, 0.2) is 0 Å². The van der Waals surface area contributed by atoms with E-state index < -0.39 is 0 Å². The van der Waals surface area contributed by atoms with Gasteiger partial charge >= 0.3 is 0 Å². The molecule has 1 unspecified atom stereocenters. The highest BCUT2D eigenvalue weighted by molar-refractivity contribution is 4.76. The van der Waals surface area contributed by atoms with Crippen LogP contribution in [-0.4, -0.2) is 19.3 Å². The fourth-order valence-electron chi connectivity index (χ4n) is 2.19. The van der Waals surface area contributed by atoms with Crippen LogP contribution in [0, 0.1) is 5.92 Å². The van der Waals surface area contributed by atoms with Gasteiger partial charge in [0.05, 0.1) is 0 Å². The molecular weight excluding hydrogens is 176 g/mol. The minimum absolute atomic E-state index is 0.505. The van der Waals surface area contributed by atoms with E-state index in [0.29, 0.717) is 6.04 Å². The Kier molecular flexibility index (Phi) is 6.15. The van der Waals surface area contributed by atoms with Gasteiger partial charge in [-0.25, -0.2) is 0 Å². The average Bonchev–Trinajstić information content (AvgIpc) is 2.26. The summed E-state index contributed by atoms with van der Waals surface area (Å²) in [6.07, 6.45) is 7.45. The molecule has 3 heteroatoms. The minimum atomic E-state index is 0.505. The Morgan fingerprint density at radius 1 is 1.36 bits per heavy atom. The Hall–Kier alpha value is -0.120. The summed E-state index contributed by atoms with van der Waals surface area (Å²) in [7, 11) is 0. The highest BCUT2D eigenvalue weighted by atomic mass is 16.5. The summed E-state index contributed by atoms with van der Waals surface area (Å²) in [6, 6.07) is 0.505. The summed E-state index contributed by atoms with van der Waals surface area (Å²) < 4.78 is 5.35. The van der Waals surface area contributed by atoms with E-state index in [1.54, 1.807) is 0 Å². The first-order valence-electron chi connectivity index (χ1n) is 5.92. The van der Waals surface area contributed by atoms with Crippen molar-refractivity contribution in [2.45, 2.75) is 51.5 Å². The largest absolute Gasteiger partial charge is 0.381 e. The van der Waals surface area contributed by atoms with Gasteiger partial charge in [0, 0.05) is 19.3 Å².